The van der Waals surface area contributed by atoms with Crippen LogP contribution in [0.1, 0.15) is 53.0 Å². The predicted octanol–water partition coefficient (Wildman–Crippen LogP) is 3.10. The first-order valence-electron chi connectivity index (χ1n) is 9.56. The van der Waals surface area contributed by atoms with Crippen molar-refractivity contribution in [3.05, 3.63) is 59.7 Å². The van der Waals surface area contributed by atoms with Crippen LogP contribution in [0.2, 0.25) is 0 Å². The second-order valence-electron chi connectivity index (χ2n) is 7.32. The predicted molar refractivity (Wildman–Crippen MR) is 103 cm³/mol. The Bertz CT molecular complexity index is 1040. The van der Waals surface area contributed by atoms with Gasteiger partial charge in [0.25, 0.3) is 5.91 Å². The van der Waals surface area contributed by atoms with Crippen LogP contribution >= 0.6 is 0 Å². The van der Waals surface area contributed by atoms with E-state index < -0.39 is 0 Å². The van der Waals surface area contributed by atoms with Gasteiger partial charge in [-0.3, -0.25) is 14.5 Å². The fraction of sp³-hybridized carbons (Fsp3) is 0.333. The minimum Gasteiger partial charge on any atom is -0.481 e. The SMILES string of the molecule is COc1cc(C(=O)N[C@@H]2CCn3nc(-c4ccnc(C5CC5)c4)cc32)ccn1. The molecule has 7 heteroatoms. The lowest BCUT2D eigenvalue weighted by Gasteiger charge is -2.12. The second-order valence-corrected chi connectivity index (χ2v) is 7.32. The number of carbonyl (C=O) groups is 1. The molecule has 3 aromatic heterocycles. The molecule has 1 atom stereocenters. The molecule has 1 fully saturated rings. The molecule has 0 saturated heterocycles. The molecule has 2 aliphatic rings. The van der Waals surface area contributed by atoms with Gasteiger partial charge in [0.2, 0.25) is 5.88 Å². The van der Waals surface area contributed by atoms with Gasteiger partial charge >= 0.3 is 0 Å². The van der Waals surface area contributed by atoms with Gasteiger partial charge in [0.1, 0.15) is 0 Å². The number of amides is 1. The number of hydrogen-bond donors (Lipinski definition) is 1. The van der Waals surface area contributed by atoms with Gasteiger partial charge in [-0.25, -0.2) is 4.98 Å². The topological polar surface area (TPSA) is 81.9 Å². The van der Waals surface area contributed by atoms with Crippen LogP contribution in [0.5, 0.6) is 5.88 Å². The van der Waals surface area contributed by atoms with Crippen LogP contribution in [0.4, 0.5) is 0 Å². The highest BCUT2D eigenvalue weighted by Crippen LogP contribution is 2.40. The Hall–Kier alpha value is -3.22. The highest BCUT2D eigenvalue weighted by molar-refractivity contribution is 5.94. The Morgan fingerprint density at radius 2 is 2.00 bits per heavy atom. The normalized spacial score (nSPS) is 18.0. The van der Waals surface area contributed by atoms with Gasteiger partial charge in [0, 0.05) is 47.7 Å². The van der Waals surface area contributed by atoms with Gasteiger partial charge < -0.3 is 10.1 Å². The molecule has 1 aliphatic carbocycles. The summed E-state index contributed by atoms with van der Waals surface area (Å²) in [4.78, 5) is 21.2. The zero-order chi connectivity index (χ0) is 19.1. The van der Waals surface area contributed by atoms with E-state index in [-0.39, 0.29) is 11.9 Å². The molecular formula is C21H21N5O2. The van der Waals surface area contributed by atoms with E-state index in [2.05, 4.69) is 27.4 Å². The molecule has 0 aromatic carbocycles. The van der Waals surface area contributed by atoms with Crippen molar-refractivity contribution in [1.82, 2.24) is 25.1 Å². The Kier molecular flexibility index (Phi) is 4.07. The van der Waals surface area contributed by atoms with Gasteiger partial charge in [0.05, 0.1) is 24.5 Å². The van der Waals surface area contributed by atoms with E-state index >= 15 is 0 Å². The Balaban J connectivity index is 1.36. The van der Waals surface area contributed by atoms with Gasteiger partial charge in [-0.2, -0.15) is 5.10 Å². The molecule has 1 amide bonds. The molecule has 1 N–H and O–H groups in total. The van der Waals surface area contributed by atoms with E-state index in [9.17, 15) is 4.79 Å². The third kappa shape index (κ3) is 3.13. The van der Waals surface area contributed by atoms with Crippen molar-refractivity contribution >= 4 is 5.91 Å². The summed E-state index contributed by atoms with van der Waals surface area (Å²) in [5.41, 5.74) is 4.75. The minimum absolute atomic E-state index is 0.0577. The monoisotopic (exact) mass is 375 g/mol. The average Bonchev–Trinajstić information content (AvgIpc) is 3.40. The third-order valence-corrected chi connectivity index (χ3v) is 5.38. The molecule has 0 bridgehead atoms. The number of nitrogens with zero attached hydrogens (tertiary/aromatic N) is 4. The van der Waals surface area contributed by atoms with E-state index in [4.69, 9.17) is 9.84 Å². The van der Waals surface area contributed by atoms with Crippen molar-refractivity contribution in [2.24, 2.45) is 0 Å². The van der Waals surface area contributed by atoms with Crippen LogP contribution in [-0.2, 0) is 6.54 Å². The van der Waals surface area contributed by atoms with Crippen molar-refractivity contribution in [3.63, 3.8) is 0 Å². The van der Waals surface area contributed by atoms with Gasteiger partial charge in [-0.15, -0.1) is 0 Å². The Morgan fingerprint density at radius 1 is 1.14 bits per heavy atom. The molecule has 4 heterocycles. The zero-order valence-electron chi connectivity index (χ0n) is 15.6. The quantitative estimate of drug-likeness (QED) is 0.741. The lowest BCUT2D eigenvalue weighted by Crippen LogP contribution is -2.27. The number of hydrogen-bond acceptors (Lipinski definition) is 5. The number of carbonyl (C=O) groups excluding carboxylic acids is 1. The van der Waals surface area contributed by atoms with Crippen molar-refractivity contribution < 1.29 is 9.53 Å². The molecule has 0 unspecified atom stereocenters. The molecule has 3 aromatic rings. The second kappa shape index (κ2) is 6.74. The van der Waals surface area contributed by atoms with Crippen molar-refractivity contribution in [2.45, 2.75) is 37.8 Å². The summed E-state index contributed by atoms with van der Waals surface area (Å²) in [5.74, 6) is 0.899. The van der Waals surface area contributed by atoms with Crippen LogP contribution in [0.25, 0.3) is 11.3 Å². The molecule has 1 aliphatic heterocycles. The summed E-state index contributed by atoms with van der Waals surface area (Å²) in [6.45, 7) is 0.792. The highest BCUT2D eigenvalue weighted by atomic mass is 16.5. The minimum atomic E-state index is -0.137. The van der Waals surface area contributed by atoms with Gasteiger partial charge in [-0.1, -0.05) is 0 Å². The van der Waals surface area contributed by atoms with Crippen LogP contribution in [0.3, 0.4) is 0 Å². The molecular weight excluding hydrogens is 354 g/mol. The smallest absolute Gasteiger partial charge is 0.252 e. The van der Waals surface area contributed by atoms with Gasteiger partial charge in [0.15, 0.2) is 0 Å². The van der Waals surface area contributed by atoms with Crippen molar-refractivity contribution in [3.8, 4) is 17.1 Å². The van der Waals surface area contributed by atoms with Crippen LogP contribution in [0.15, 0.2) is 42.7 Å². The number of pyridine rings is 2. The molecule has 0 radical (unpaired) electrons. The zero-order valence-corrected chi connectivity index (χ0v) is 15.6. The van der Waals surface area contributed by atoms with Crippen molar-refractivity contribution in [1.29, 1.82) is 0 Å². The molecule has 5 rings (SSSR count). The standard InChI is InChI=1S/C21H21N5O2/c1-28-20-11-15(5-8-23-20)21(27)24-16-6-9-26-19(16)12-18(25-26)14-4-7-22-17(10-14)13-2-3-13/h4-5,7-8,10-13,16H,2-3,6,9H2,1H3,(H,24,27)/t16-/m1/s1. The fourth-order valence-corrected chi connectivity index (χ4v) is 3.69. The maximum Gasteiger partial charge on any atom is 0.252 e. The maximum atomic E-state index is 12.6. The van der Waals surface area contributed by atoms with E-state index in [1.807, 2.05) is 16.9 Å². The summed E-state index contributed by atoms with van der Waals surface area (Å²) in [6.07, 6.45) is 6.73. The molecule has 1 saturated carbocycles. The fourth-order valence-electron chi connectivity index (χ4n) is 3.69. The lowest BCUT2D eigenvalue weighted by molar-refractivity contribution is 0.0936. The Labute approximate surface area is 162 Å². The first-order valence-corrected chi connectivity index (χ1v) is 9.56. The first-order chi connectivity index (χ1) is 13.7. The number of methoxy groups -OCH3 is 1. The third-order valence-electron chi connectivity index (χ3n) is 5.38. The number of rotatable bonds is 5. The van der Waals surface area contributed by atoms with E-state index in [0.29, 0.717) is 17.4 Å². The summed E-state index contributed by atoms with van der Waals surface area (Å²) in [7, 11) is 1.54. The van der Waals surface area contributed by atoms with E-state index in [0.717, 1.165) is 35.6 Å². The van der Waals surface area contributed by atoms with Crippen LogP contribution in [0, 0.1) is 0 Å². The van der Waals surface area contributed by atoms with Crippen LogP contribution in [-0.4, -0.2) is 32.8 Å². The lowest BCUT2D eigenvalue weighted by atomic mass is 10.1. The van der Waals surface area contributed by atoms with Gasteiger partial charge in [-0.05, 0) is 43.5 Å². The molecule has 0 spiro atoms. The number of fused-ring (bicyclic) bond motifs is 1. The van der Waals surface area contributed by atoms with Crippen molar-refractivity contribution in [2.75, 3.05) is 7.11 Å². The maximum absolute atomic E-state index is 12.6. The summed E-state index contributed by atoms with van der Waals surface area (Å²) in [6, 6.07) is 9.50. The highest BCUT2D eigenvalue weighted by Gasteiger charge is 2.28. The Morgan fingerprint density at radius 3 is 2.82 bits per heavy atom. The molecule has 142 valence electrons. The number of nitrogens with one attached hydrogen (secondary N) is 1. The van der Waals surface area contributed by atoms with E-state index in [1.54, 1.807) is 18.3 Å². The molecule has 28 heavy (non-hydrogen) atoms. The molecule has 7 nitrogen and oxygen atoms in total. The first kappa shape index (κ1) is 16.9. The number of aryl methyl sites for hydroxylation is 1. The average molecular weight is 375 g/mol. The van der Waals surface area contributed by atoms with Crippen LogP contribution < -0.4 is 10.1 Å². The van der Waals surface area contributed by atoms with E-state index in [1.165, 1.54) is 20.0 Å². The number of aromatic nitrogens is 4. The summed E-state index contributed by atoms with van der Waals surface area (Å²) >= 11 is 0. The largest absolute Gasteiger partial charge is 0.481 e. The summed E-state index contributed by atoms with van der Waals surface area (Å²) in [5, 5.41) is 7.86. The number of ether oxygens (including phenoxy) is 1. The summed E-state index contributed by atoms with van der Waals surface area (Å²) < 4.78 is 7.09.